The molecule has 3 aromatic rings. The predicted octanol–water partition coefficient (Wildman–Crippen LogP) is 5.45. The fourth-order valence-electron chi connectivity index (χ4n) is 5.03. The van der Waals surface area contributed by atoms with E-state index in [0.717, 1.165) is 49.5 Å². The third-order valence-corrected chi connectivity index (χ3v) is 7.82. The Morgan fingerprint density at radius 2 is 1.90 bits per heavy atom. The number of halogens is 3. The van der Waals surface area contributed by atoms with Crippen LogP contribution in [0.1, 0.15) is 32.1 Å². The SMILES string of the molecule is NC1CCCC12CCN(c1nc(Cl)c(-c3cccc(Cl)c3Cl)c3nccn13)CC2. The average Bonchev–Trinajstić information content (AvgIpc) is 3.33. The highest BCUT2D eigenvalue weighted by Gasteiger charge is 2.43. The molecular weight excluding hydrogens is 429 g/mol. The number of hydrogen-bond acceptors (Lipinski definition) is 4. The molecule has 0 radical (unpaired) electrons. The first-order chi connectivity index (χ1) is 14.0. The van der Waals surface area contributed by atoms with E-state index >= 15 is 0 Å². The van der Waals surface area contributed by atoms with Crippen LogP contribution in [-0.4, -0.2) is 33.5 Å². The normalized spacial score (nSPS) is 21.4. The van der Waals surface area contributed by atoms with Gasteiger partial charge in [-0.25, -0.2) is 9.97 Å². The van der Waals surface area contributed by atoms with Crippen molar-refractivity contribution in [2.45, 2.75) is 38.1 Å². The molecule has 1 spiro atoms. The molecule has 29 heavy (non-hydrogen) atoms. The van der Waals surface area contributed by atoms with Crippen molar-refractivity contribution < 1.29 is 0 Å². The molecule has 1 atom stereocenters. The monoisotopic (exact) mass is 449 g/mol. The standard InChI is InChI=1S/C21H22Cl3N5/c22-14-4-1-3-13(17(14)23)16-18(24)27-20(29-12-9-26-19(16)29)28-10-7-21(8-11-28)6-2-5-15(21)25/h1,3-4,9,12,15H,2,5-8,10-11,25H2. The van der Waals surface area contributed by atoms with E-state index in [1.807, 2.05) is 22.7 Å². The van der Waals surface area contributed by atoms with Crippen molar-refractivity contribution in [1.82, 2.24) is 14.4 Å². The highest BCUT2D eigenvalue weighted by atomic mass is 35.5. The summed E-state index contributed by atoms with van der Waals surface area (Å²) < 4.78 is 1.99. The number of rotatable bonds is 2. The first-order valence-corrected chi connectivity index (χ1v) is 11.1. The molecule has 3 heterocycles. The predicted molar refractivity (Wildman–Crippen MR) is 119 cm³/mol. The Balaban J connectivity index is 1.54. The maximum atomic E-state index is 6.67. The average molecular weight is 451 g/mol. The minimum atomic E-state index is 0.294. The van der Waals surface area contributed by atoms with Gasteiger partial charge in [0, 0.05) is 37.1 Å². The molecule has 2 N–H and O–H groups in total. The summed E-state index contributed by atoms with van der Waals surface area (Å²) in [6, 6.07) is 5.81. The van der Waals surface area contributed by atoms with E-state index in [4.69, 9.17) is 45.5 Å². The molecule has 8 heteroatoms. The van der Waals surface area contributed by atoms with Gasteiger partial charge in [-0.2, -0.15) is 0 Å². The molecule has 5 rings (SSSR count). The molecule has 1 aromatic carbocycles. The number of fused-ring (bicyclic) bond motifs is 1. The summed E-state index contributed by atoms with van der Waals surface area (Å²) in [4.78, 5) is 11.6. The van der Waals surface area contributed by atoms with E-state index in [0.29, 0.717) is 32.2 Å². The van der Waals surface area contributed by atoms with Gasteiger partial charge >= 0.3 is 0 Å². The number of nitrogens with zero attached hydrogens (tertiary/aromatic N) is 4. The number of anilines is 1. The quantitative estimate of drug-likeness (QED) is 0.527. The van der Waals surface area contributed by atoms with E-state index in [1.54, 1.807) is 12.3 Å². The van der Waals surface area contributed by atoms with Crippen molar-refractivity contribution >= 4 is 46.4 Å². The lowest BCUT2D eigenvalue weighted by Crippen LogP contribution is -2.47. The number of aromatic nitrogens is 3. The Morgan fingerprint density at radius 1 is 1.10 bits per heavy atom. The van der Waals surface area contributed by atoms with E-state index in [2.05, 4.69) is 9.88 Å². The van der Waals surface area contributed by atoms with E-state index in [1.165, 1.54) is 12.8 Å². The topological polar surface area (TPSA) is 59.5 Å². The first-order valence-electron chi connectivity index (χ1n) is 9.98. The van der Waals surface area contributed by atoms with Gasteiger partial charge < -0.3 is 10.6 Å². The summed E-state index contributed by atoms with van der Waals surface area (Å²) in [6.07, 6.45) is 9.48. The Labute approximate surface area is 184 Å². The number of benzene rings is 1. The molecule has 2 aliphatic rings. The number of nitrogens with two attached hydrogens (primary N) is 1. The van der Waals surface area contributed by atoms with Crippen molar-refractivity contribution in [3.8, 4) is 11.1 Å². The van der Waals surface area contributed by atoms with Crippen molar-refractivity contribution in [3.05, 3.63) is 45.8 Å². The third-order valence-electron chi connectivity index (χ3n) is 6.72. The molecule has 0 amide bonds. The largest absolute Gasteiger partial charge is 0.342 e. The number of hydrogen-bond donors (Lipinski definition) is 1. The Morgan fingerprint density at radius 3 is 2.62 bits per heavy atom. The maximum absolute atomic E-state index is 6.67. The third kappa shape index (κ3) is 3.10. The zero-order valence-electron chi connectivity index (χ0n) is 15.9. The second-order valence-electron chi connectivity index (χ2n) is 8.15. The molecule has 1 saturated carbocycles. The molecule has 1 aliphatic heterocycles. The van der Waals surface area contributed by atoms with Crippen LogP contribution in [0.5, 0.6) is 0 Å². The zero-order chi connectivity index (χ0) is 20.2. The van der Waals surface area contributed by atoms with E-state index in [-0.39, 0.29) is 0 Å². The minimum Gasteiger partial charge on any atom is -0.342 e. The molecular formula is C21H22Cl3N5. The fraction of sp³-hybridized carbons (Fsp3) is 0.429. The maximum Gasteiger partial charge on any atom is 0.212 e. The second kappa shape index (κ2) is 7.31. The lowest BCUT2D eigenvalue weighted by atomic mass is 9.74. The van der Waals surface area contributed by atoms with Gasteiger partial charge in [-0.05, 0) is 37.2 Å². The molecule has 1 unspecified atom stereocenters. The van der Waals surface area contributed by atoms with Gasteiger partial charge in [0.1, 0.15) is 5.15 Å². The van der Waals surface area contributed by atoms with Crippen molar-refractivity contribution in [2.75, 3.05) is 18.0 Å². The van der Waals surface area contributed by atoms with Crippen LogP contribution in [0.25, 0.3) is 16.8 Å². The number of piperidine rings is 1. The van der Waals surface area contributed by atoms with Crippen molar-refractivity contribution in [1.29, 1.82) is 0 Å². The first kappa shape index (κ1) is 19.4. The van der Waals surface area contributed by atoms with Gasteiger partial charge in [-0.15, -0.1) is 0 Å². The van der Waals surface area contributed by atoms with E-state index < -0.39 is 0 Å². The Bertz CT molecular complexity index is 1070. The van der Waals surface area contributed by atoms with Crippen molar-refractivity contribution in [3.63, 3.8) is 0 Å². The molecule has 152 valence electrons. The summed E-state index contributed by atoms with van der Waals surface area (Å²) in [5.41, 5.74) is 8.89. The molecule has 5 nitrogen and oxygen atoms in total. The van der Waals surface area contributed by atoms with Gasteiger partial charge in [0.25, 0.3) is 0 Å². The van der Waals surface area contributed by atoms with Crippen molar-refractivity contribution in [2.24, 2.45) is 11.1 Å². The summed E-state index contributed by atoms with van der Waals surface area (Å²) in [6.45, 7) is 1.84. The van der Waals surface area contributed by atoms with Gasteiger partial charge in [0.2, 0.25) is 5.95 Å². The van der Waals surface area contributed by atoms with Crippen LogP contribution in [0, 0.1) is 5.41 Å². The highest BCUT2D eigenvalue weighted by Crippen LogP contribution is 2.46. The smallest absolute Gasteiger partial charge is 0.212 e. The van der Waals surface area contributed by atoms with Crippen LogP contribution in [-0.2, 0) is 0 Å². The number of imidazole rings is 1. The summed E-state index contributed by atoms with van der Waals surface area (Å²) in [5.74, 6) is 0.811. The van der Waals surface area contributed by atoms with Crippen LogP contribution in [0.4, 0.5) is 5.95 Å². The molecule has 1 saturated heterocycles. The van der Waals surface area contributed by atoms with Gasteiger partial charge in [0.15, 0.2) is 5.65 Å². The molecule has 2 fully saturated rings. The van der Waals surface area contributed by atoms with E-state index in [9.17, 15) is 0 Å². The summed E-state index contributed by atoms with van der Waals surface area (Å²) in [7, 11) is 0. The second-order valence-corrected chi connectivity index (χ2v) is 9.29. The van der Waals surface area contributed by atoms with Crippen LogP contribution in [0.3, 0.4) is 0 Å². The molecule has 2 aromatic heterocycles. The fourth-order valence-corrected chi connectivity index (χ4v) is 5.69. The van der Waals surface area contributed by atoms with Gasteiger partial charge in [0.05, 0.1) is 15.6 Å². The van der Waals surface area contributed by atoms with Gasteiger partial charge in [-0.3, -0.25) is 4.40 Å². The van der Waals surface area contributed by atoms with Gasteiger partial charge in [-0.1, -0.05) is 53.4 Å². The van der Waals surface area contributed by atoms with Crippen LogP contribution < -0.4 is 10.6 Å². The Hall–Kier alpha value is -1.53. The summed E-state index contributed by atoms with van der Waals surface area (Å²) in [5, 5.41) is 1.30. The Kier molecular flexibility index (Phi) is 4.90. The zero-order valence-corrected chi connectivity index (χ0v) is 18.2. The van der Waals surface area contributed by atoms with Crippen LogP contribution in [0.2, 0.25) is 15.2 Å². The highest BCUT2D eigenvalue weighted by molar-refractivity contribution is 6.44. The minimum absolute atomic E-state index is 0.294. The lowest BCUT2D eigenvalue weighted by molar-refractivity contribution is 0.197. The molecule has 0 bridgehead atoms. The van der Waals surface area contributed by atoms with Crippen LogP contribution >= 0.6 is 34.8 Å². The summed E-state index contributed by atoms with van der Waals surface area (Å²) >= 11 is 19.4. The van der Waals surface area contributed by atoms with Crippen LogP contribution in [0.15, 0.2) is 30.6 Å². The molecule has 1 aliphatic carbocycles. The lowest BCUT2D eigenvalue weighted by Gasteiger charge is -2.42.